The molecule has 0 aromatic heterocycles. The van der Waals surface area contributed by atoms with Crippen molar-refractivity contribution in [3.8, 4) is 0 Å². The molecule has 0 rings (SSSR count). The topological polar surface area (TPSA) is 54.4 Å². The summed E-state index contributed by atoms with van der Waals surface area (Å²) >= 11 is 0. The van der Waals surface area contributed by atoms with Gasteiger partial charge in [0.25, 0.3) is 10.1 Å². The normalized spacial score (nSPS) is 16.9. The van der Waals surface area contributed by atoms with Crippen molar-refractivity contribution in [2.24, 2.45) is 5.92 Å². The Labute approximate surface area is 80.8 Å². The first-order chi connectivity index (χ1) is 6.28. The fourth-order valence-corrected chi connectivity index (χ4v) is 1.54. The van der Waals surface area contributed by atoms with Gasteiger partial charge < -0.3 is 0 Å². The van der Waals surface area contributed by atoms with E-state index in [9.17, 15) is 34.8 Å². The van der Waals surface area contributed by atoms with Crippen molar-refractivity contribution in [1.82, 2.24) is 0 Å². The SMILES string of the molecule is CC(C(C(F)(F)F)C(F)(F)F)S(=O)(=O)O. The third-order valence-corrected chi connectivity index (χ3v) is 2.86. The zero-order valence-corrected chi connectivity index (χ0v) is 7.91. The van der Waals surface area contributed by atoms with Crippen LogP contribution in [0.2, 0.25) is 0 Å². The maximum Gasteiger partial charge on any atom is 0.401 e. The van der Waals surface area contributed by atoms with E-state index in [0.29, 0.717) is 0 Å². The molecular formula is C5H6F6O3S. The summed E-state index contributed by atoms with van der Waals surface area (Å²) in [5, 5.41) is -2.99. The first kappa shape index (κ1) is 14.5. The number of alkyl halides is 6. The van der Waals surface area contributed by atoms with E-state index in [1.54, 1.807) is 0 Å². The average molecular weight is 260 g/mol. The Morgan fingerprint density at radius 1 is 1.00 bits per heavy atom. The van der Waals surface area contributed by atoms with Gasteiger partial charge in [0.2, 0.25) is 0 Å². The van der Waals surface area contributed by atoms with Crippen molar-refractivity contribution in [2.45, 2.75) is 24.5 Å². The quantitative estimate of drug-likeness (QED) is 0.610. The maximum atomic E-state index is 11.9. The molecule has 0 bridgehead atoms. The highest BCUT2D eigenvalue weighted by molar-refractivity contribution is 7.86. The molecule has 0 radical (unpaired) electrons. The van der Waals surface area contributed by atoms with Crippen LogP contribution in [-0.2, 0) is 10.1 Å². The Kier molecular flexibility index (Phi) is 3.68. The molecule has 15 heavy (non-hydrogen) atoms. The standard InChI is InChI=1S/C5H6F6O3S/c1-2(15(12,13)14)3(4(6,7)8)5(9,10)11/h2-3H,1H3,(H,12,13,14). The van der Waals surface area contributed by atoms with E-state index in [1.807, 2.05) is 0 Å². The van der Waals surface area contributed by atoms with Crippen molar-refractivity contribution < 1.29 is 39.3 Å². The van der Waals surface area contributed by atoms with Crippen molar-refractivity contribution in [1.29, 1.82) is 0 Å². The lowest BCUT2D eigenvalue weighted by atomic mass is 10.1. The molecule has 0 aliphatic rings. The lowest BCUT2D eigenvalue weighted by Gasteiger charge is -2.26. The first-order valence-electron chi connectivity index (χ1n) is 3.37. The highest BCUT2D eigenvalue weighted by Gasteiger charge is 2.61. The molecule has 0 saturated carbocycles. The van der Waals surface area contributed by atoms with Gasteiger partial charge in [-0.25, -0.2) is 0 Å². The molecule has 0 spiro atoms. The Morgan fingerprint density at radius 3 is 1.33 bits per heavy atom. The van der Waals surface area contributed by atoms with E-state index in [-0.39, 0.29) is 6.92 Å². The molecule has 1 atom stereocenters. The van der Waals surface area contributed by atoms with Crippen LogP contribution in [-0.4, -0.2) is 30.6 Å². The second-order valence-electron chi connectivity index (χ2n) is 2.78. The van der Waals surface area contributed by atoms with Crippen LogP contribution < -0.4 is 0 Å². The van der Waals surface area contributed by atoms with Gasteiger partial charge in [-0.05, 0) is 6.92 Å². The molecule has 0 aliphatic heterocycles. The van der Waals surface area contributed by atoms with Crippen LogP contribution in [0.25, 0.3) is 0 Å². The van der Waals surface area contributed by atoms with Crippen LogP contribution in [0.15, 0.2) is 0 Å². The van der Waals surface area contributed by atoms with E-state index >= 15 is 0 Å². The second-order valence-corrected chi connectivity index (χ2v) is 4.55. The molecule has 10 heteroatoms. The summed E-state index contributed by atoms with van der Waals surface area (Å²) in [6.07, 6.45) is -11.6. The van der Waals surface area contributed by atoms with Gasteiger partial charge in [0, 0.05) is 0 Å². The highest BCUT2D eigenvalue weighted by atomic mass is 32.2. The largest absolute Gasteiger partial charge is 0.401 e. The van der Waals surface area contributed by atoms with Crippen molar-refractivity contribution in [3.63, 3.8) is 0 Å². The zero-order chi connectivity index (χ0) is 12.7. The van der Waals surface area contributed by atoms with Gasteiger partial charge >= 0.3 is 12.4 Å². The molecule has 0 aromatic rings. The number of hydrogen-bond acceptors (Lipinski definition) is 2. The smallest absolute Gasteiger partial charge is 0.285 e. The minimum Gasteiger partial charge on any atom is -0.285 e. The molecule has 0 saturated heterocycles. The monoisotopic (exact) mass is 260 g/mol. The lowest BCUT2D eigenvalue weighted by molar-refractivity contribution is -0.283. The van der Waals surface area contributed by atoms with Crippen LogP contribution in [0.3, 0.4) is 0 Å². The van der Waals surface area contributed by atoms with Gasteiger partial charge in [0.05, 0.1) is 0 Å². The van der Waals surface area contributed by atoms with Gasteiger partial charge in [0.15, 0.2) is 5.92 Å². The summed E-state index contributed by atoms with van der Waals surface area (Å²) in [5.74, 6) is -4.10. The van der Waals surface area contributed by atoms with Crippen LogP contribution in [0.4, 0.5) is 26.3 Å². The van der Waals surface area contributed by atoms with E-state index in [1.165, 1.54) is 0 Å². The van der Waals surface area contributed by atoms with E-state index < -0.39 is 33.6 Å². The average Bonchev–Trinajstić information content (AvgIpc) is 1.76. The van der Waals surface area contributed by atoms with E-state index in [4.69, 9.17) is 4.55 Å². The Balaban J connectivity index is 5.35. The van der Waals surface area contributed by atoms with Crippen molar-refractivity contribution in [2.75, 3.05) is 0 Å². The molecule has 3 nitrogen and oxygen atoms in total. The molecule has 0 fully saturated rings. The molecular weight excluding hydrogens is 254 g/mol. The molecule has 92 valence electrons. The van der Waals surface area contributed by atoms with Crippen LogP contribution in [0.5, 0.6) is 0 Å². The third kappa shape index (κ3) is 3.86. The summed E-state index contributed by atoms with van der Waals surface area (Å²) in [7, 11) is -5.41. The van der Waals surface area contributed by atoms with Gasteiger partial charge in [-0.2, -0.15) is 34.8 Å². The minimum atomic E-state index is -5.78. The van der Waals surface area contributed by atoms with Crippen LogP contribution >= 0.6 is 0 Å². The molecule has 0 heterocycles. The predicted molar refractivity (Wildman–Crippen MR) is 36.6 cm³/mol. The molecule has 0 aliphatic carbocycles. The first-order valence-corrected chi connectivity index (χ1v) is 4.88. The van der Waals surface area contributed by atoms with Gasteiger partial charge in [-0.1, -0.05) is 0 Å². The van der Waals surface area contributed by atoms with Gasteiger partial charge in [-0.15, -0.1) is 0 Å². The Morgan fingerprint density at radius 2 is 1.27 bits per heavy atom. The molecule has 0 aromatic carbocycles. The van der Waals surface area contributed by atoms with E-state index in [2.05, 4.69) is 0 Å². The summed E-state index contributed by atoms with van der Waals surface area (Å²) in [4.78, 5) is 0. The number of halogens is 6. The summed E-state index contributed by atoms with van der Waals surface area (Å²) in [6.45, 7) is 0.140. The maximum absolute atomic E-state index is 11.9. The molecule has 1 N–H and O–H groups in total. The summed E-state index contributed by atoms with van der Waals surface area (Å²) < 4.78 is 100. The number of hydrogen-bond donors (Lipinski definition) is 1. The molecule has 1 unspecified atom stereocenters. The Bertz CT molecular complexity index is 301. The van der Waals surface area contributed by atoms with Crippen LogP contribution in [0, 0.1) is 5.92 Å². The van der Waals surface area contributed by atoms with Gasteiger partial charge in [-0.3, -0.25) is 4.55 Å². The summed E-state index contributed by atoms with van der Waals surface area (Å²) in [6, 6.07) is 0. The van der Waals surface area contributed by atoms with Crippen LogP contribution in [0.1, 0.15) is 6.92 Å². The lowest BCUT2D eigenvalue weighted by Crippen LogP contribution is -2.46. The van der Waals surface area contributed by atoms with E-state index in [0.717, 1.165) is 0 Å². The van der Waals surface area contributed by atoms with Crippen molar-refractivity contribution >= 4 is 10.1 Å². The minimum absolute atomic E-state index is 0.140. The zero-order valence-electron chi connectivity index (χ0n) is 7.09. The molecule has 0 amide bonds. The fraction of sp³-hybridized carbons (Fsp3) is 1.00. The fourth-order valence-electron chi connectivity index (χ4n) is 0.890. The van der Waals surface area contributed by atoms with Crippen molar-refractivity contribution in [3.05, 3.63) is 0 Å². The third-order valence-electron chi connectivity index (χ3n) is 1.64. The second kappa shape index (κ2) is 3.81. The summed E-state index contributed by atoms with van der Waals surface area (Å²) in [5.41, 5.74) is 0. The number of rotatable bonds is 2. The Hall–Kier alpha value is -0.510. The predicted octanol–water partition coefficient (Wildman–Crippen LogP) is 2.00. The van der Waals surface area contributed by atoms with Gasteiger partial charge in [0.1, 0.15) is 5.25 Å². The highest BCUT2D eigenvalue weighted by Crippen LogP contribution is 2.42.